The Hall–Kier alpha value is -6.96. The molecule has 354 valence electrons. The van der Waals surface area contributed by atoms with E-state index in [1.807, 2.05) is 0 Å². The van der Waals surface area contributed by atoms with Gasteiger partial charge in [0.15, 0.2) is 21.6 Å². The zero-order valence-corrected chi connectivity index (χ0v) is 41.0. The van der Waals surface area contributed by atoms with Gasteiger partial charge in [0.1, 0.15) is 38.2 Å². The van der Waals surface area contributed by atoms with Crippen molar-refractivity contribution >= 4 is 118 Å². The van der Waals surface area contributed by atoms with Crippen LogP contribution in [0.25, 0.3) is 21.3 Å². The molecule has 69 heavy (non-hydrogen) atoms. The van der Waals surface area contributed by atoms with Crippen molar-refractivity contribution in [3.05, 3.63) is 107 Å². The van der Waals surface area contributed by atoms with E-state index in [9.17, 15) is 44.2 Å². The maximum absolute atomic E-state index is 13.1. The molecule has 3 aromatic heterocycles. The number of pyridine rings is 1. The molecular formula is C41H32N10O12S6. The Balaban J connectivity index is 1.37. The third-order valence-electron chi connectivity index (χ3n) is 9.78. The van der Waals surface area contributed by atoms with Gasteiger partial charge in [-0.05, 0) is 73.7 Å². The zero-order chi connectivity index (χ0) is 49.9. The van der Waals surface area contributed by atoms with E-state index in [1.54, 1.807) is 12.3 Å². The van der Waals surface area contributed by atoms with Crippen LogP contribution in [0.15, 0.2) is 130 Å². The predicted molar refractivity (Wildman–Crippen MR) is 252 cm³/mol. The first-order valence-corrected chi connectivity index (χ1v) is 26.4. The first-order valence-electron chi connectivity index (χ1n) is 19.1. The Morgan fingerprint density at radius 1 is 0.609 bits per heavy atom. The van der Waals surface area contributed by atoms with E-state index in [1.165, 1.54) is 79.0 Å². The minimum atomic E-state index is -4.45. The maximum Gasteiger partial charge on any atom is 0.297 e. The third kappa shape index (κ3) is 10.3. The molecule has 0 aliphatic heterocycles. The van der Waals surface area contributed by atoms with Crippen molar-refractivity contribution in [1.29, 1.82) is 10.5 Å². The normalized spacial score (nSPS) is 12.4. The number of thiophene rings is 1. The number of aromatic nitrogens is 2. The summed E-state index contributed by atoms with van der Waals surface area (Å²) in [6.45, 7) is 1.55. The van der Waals surface area contributed by atoms with Crippen molar-refractivity contribution in [1.82, 2.24) is 9.97 Å². The third-order valence-corrected chi connectivity index (χ3v) is 16.8. The summed E-state index contributed by atoms with van der Waals surface area (Å²) in [6.07, 6.45) is 1.49. The van der Waals surface area contributed by atoms with Gasteiger partial charge in [0.05, 0.1) is 55.0 Å². The number of thiazole rings is 1. The van der Waals surface area contributed by atoms with Gasteiger partial charge in [0.2, 0.25) is 0 Å². The Morgan fingerprint density at radius 3 is 1.70 bits per heavy atom. The quantitative estimate of drug-likeness (QED) is 0.0634. The number of hydrogen-bond donors (Lipinski definition) is 2. The summed E-state index contributed by atoms with van der Waals surface area (Å²) in [4.78, 5) is 7.97. The molecule has 0 saturated heterocycles. The molecule has 4 aromatic carbocycles. The number of nitrogens with one attached hydrogen (secondary N) is 2. The van der Waals surface area contributed by atoms with Gasteiger partial charge >= 0.3 is 0 Å². The smallest absolute Gasteiger partial charge is 0.297 e. The maximum atomic E-state index is 13.1. The molecule has 3 heterocycles. The minimum absolute atomic E-state index is 0.00191. The molecule has 0 atom stereocenters. The first-order chi connectivity index (χ1) is 32.8. The van der Waals surface area contributed by atoms with E-state index >= 15 is 0 Å². The number of anilines is 4. The van der Waals surface area contributed by atoms with Gasteiger partial charge in [-0.15, -0.1) is 31.8 Å². The fourth-order valence-electron chi connectivity index (χ4n) is 6.37. The van der Waals surface area contributed by atoms with Crippen molar-refractivity contribution < 1.29 is 50.4 Å². The number of hydrogen-bond acceptors (Lipinski definition) is 24. The summed E-state index contributed by atoms with van der Waals surface area (Å²) in [5.41, 5.74) is 0.853. The number of fused-ring (bicyclic) bond motifs is 1. The van der Waals surface area contributed by atoms with Crippen LogP contribution in [0.5, 0.6) is 0 Å². The predicted octanol–water partition coefficient (Wildman–Crippen LogP) is 9.13. The Morgan fingerprint density at radius 2 is 1.16 bits per heavy atom. The SMILES string of the molecule is COS(=O)(=O)c1ccc(Nc2nc(Nc3ccc(S(=O)(=O)OC)cc3)c(N=Nc3sc(N=Nc4cc(S(=O)(=O)OC)c5cccc(S(=O)(=O)OC)c5c4)c(-c4nccs4)c3C#N)c(C)c2C#N)cc1. The minimum Gasteiger partial charge on any atom is -0.339 e. The topological polar surface area (TPSA) is 320 Å². The highest BCUT2D eigenvalue weighted by Crippen LogP contribution is 2.49. The summed E-state index contributed by atoms with van der Waals surface area (Å²) in [5, 5.41) is 46.6. The summed E-state index contributed by atoms with van der Waals surface area (Å²) in [6, 6.07) is 21.4. The van der Waals surface area contributed by atoms with Gasteiger partial charge in [-0.2, -0.15) is 44.2 Å². The van der Waals surface area contributed by atoms with Gasteiger partial charge in [-0.1, -0.05) is 23.5 Å². The lowest BCUT2D eigenvalue weighted by Gasteiger charge is -2.16. The van der Waals surface area contributed by atoms with Crippen molar-refractivity contribution in [2.24, 2.45) is 20.5 Å². The molecule has 0 saturated carbocycles. The molecule has 0 radical (unpaired) electrons. The Labute approximate surface area is 402 Å². The largest absolute Gasteiger partial charge is 0.339 e. The molecule has 2 N–H and O–H groups in total. The molecule has 0 fully saturated rings. The average molecular weight is 1050 g/mol. The second kappa shape index (κ2) is 19.9. The lowest BCUT2D eigenvalue weighted by Crippen LogP contribution is -2.06. The van der Waals surface area contributed by atoms with Crippen LogP contribution in [0.4, 0.5) is 44.4 Å². The monoisotopic (exact) mass is 1050 g/mol. The van der Waals surface area contributed by atoms with Crippen LogP contribution in [-0.4, -0.2) is 72.1 Å². The fourth-order valence-corrected chi connectivity index (χ4v) is 11.1. The molecule has 0 aliphatic rings. The lowest BCUT2D eigenvalue weighted by atomic mass is 10.1. The Bertz CT molecular complexity index is 3760. The van der Waals surface area contributed by atoms with Crippen molar-refractivity contribution in [3.8, 4) is 22.7 Å². The van der Waals surface area contributed by atoms with E-state index in [2.05, 4.69) is 61.6 Å². The molecule has 7 aromatic rings. The molecule has 22 nitrogen and oxygen atoms in total. The molecule has 0 spiro atoms. The van der Waals surface area contributed by atoms with Crippen LogP contribution >= 0.6 is 22.7 Å². The number of benzene rings is 4. The van der Waals surface area contributed by atoms with Crippen LogP contribution in [0.3, 0.4) is 0 Å². The van der Waals surface area contributed by atoms with Gasteiger partial charge in [0.25, 0.3) is 40.5 Å². The number of nitrogens with zero attached hydrogens (tertiary/aromatic N) is 8. The van der Waals surface area contributed by atoms with Crippen molar-refractivity contribution in [2.75, 3.05) is 39.1 Å². The first kappa shape index (κ1) is 49.9. The summed E-state index contributed by atoms with van der Waals surface area (Å²) < 4.78 is 120. The number of rotatable bonds is 17. The van der Waals surface area contributed by atoms with Crippen molar-refractivity contribution in [3.63, 3.8) is 0 Å². The van der Waals surface area contributed by atoms with E-state index < -0.39 is 45.4 Å². The van der Waals surface area contributed by atoms with Crippen LogP contribution in [0.2, 0.25) is 0 Å². The summed E-state index contributed by atoms with van der Waals surface area (Å²) in [7, 11) is -12.9. The lowest BCUT2D eigenvalue weighted by molar-refractivity contribution is 0.396. The standard InChI is InChI=1S/C41H32N10O12S6/c1-23-31(21-42)37(45-24-9-13-27(14-10-24)66(52,53)60-2)47-38(46-25-11-15-28(16-12-25)67(54,55)61-3)36(23)49-50-39-32(22-43)35(40-44-17-18-64-40)41(65-39)51-48-26-19-30-29(34(20-26)69(58,59)63-5)7-6-8-33(30)68(56,57)62-4/h6-20H,1-5H3,(H2,45,46,47). The molecule has 7 rings (SSSR count). The van der Waals surface area contributed by atoms with Crippen LogP contribution in [-0.2, 0) is 57.2 Å². The molecule has 0 aliphatic carbocycles. The highest BCUT2D eigenvalue weighted by atomic mass is 32.2. The zero-order valence-electron chi connectivity index (χ0n) is 36.1. The second-order valence-corrected chi connectivity index (χ2v) is 22.3. The Kier molecular flexibility index (Phi) is 14.4. The molecule has 0 amide bonds. The van der Waals surface area contributed by atoms with E-state index in [0.29, 0.717) is 16.4 Å². The van der Waals surface area contributed by atoms with Crippen LogP contribution in [0, 0.1) is 29.6 Å². The van der Waals surface area contributed by atoms with Crippen molar-refractivity contribution in [2.45, 2.75) is 26.5 Å². The van der Waals surface area contributed by atoms with E-state index in [0.717, 1.165) is 57.2 Å². The molecule has 0 bridgehead atoms. The molecular weight excluding hydrogens is 1020 g/mol. The molecule has 28 heteroatoms. The van der Waals surface area contributed by atoms with Gasteiger partial charge in [0, 0.05) is 39.3 Å². The van der Waals surface area contributed by atoms with E-state index in [-0.39, 0.29) is 80.7 Å². The summed E-state index contributed by atoms with van der Waals surface area (Å²) in [5.74, 6) is -0.0103. The van der Waals surface area contributed by atoms with Crippen LogP contribution in [0.1, 0.15) is 16.7 Å². The van der Waals surface area contributed by atoms with Gasteiger partial charge < -0.3 is 10.6 Å². The number of nitriles is 2. The van der Waals surface area contributed by atoms with Crippen LogP contribution < -0.4 is 10.6 Å². The average Bonchev–Trinajstić information content (AvgIpc) is 4.01. The number of azo groups is 2. The second-order valence-electron chi connectivity index (χ2n) is 13.7. The highest BCUT2D eigenvalue weighted by molar-refractivity contribution is 7.87. The molecule has 0 unspecified atom stereocenters. The van der Waals surface area contributed by atoms with E-state index in [4.69, 9.17) is 8.37 Å². The summed E-state index contributed by atoms with van der Waals surface area (Å²) >= 11 is 2.00. The van der Waals surface area contributed by atoms with Gasteiger partial charge in [-0.3, -0.25) is 16.7 Å². The highest BCUT2D eigenvalue weighted by Gasteiger charge is 2.26. The fraction of sp³-hybridized carbons (Fsp3) is 0.122. The van der Waals surface area contributed by atoms with Gasteiger partial charge in [-0.25, -0.2) is 9.97 Å².